The van der Waals surface area contributed by atoms with Gasteiger partial charge in [0.05, 0.1) is 11.6 Å². The summed E-state index contributed by atoms with van der Waals surface area (Å²) in [5, 5.41) is 12.2. The average Bonchev–Trinajstić information content (AvgIpc) is 3.37. The molecule has 1 unspecified atom stereocenters. The number of fused-ring (bicyclic) bond motifs is 1. The Morgan fingerprint density at radius 2 is 1.85 bits per heavy atom. The van der Waals surface area contributed by atoms with Gasteiger partial charge in [-0.15, -0.1) is 0 Å². The first-order chi connectivity index (χ1) is 16.0. The van der Waals surface area contributed by atoms with E-state index in [1.807, 2.05) is 36.5 Å². The third kappa shape index (κ3) is 3.85. The highest BCUT2D eigenvalue weighted by Crippen LogP contribution is 2.39. The number of carbonyl (C=O) groups is 2. The number of benzene rings is 2. The van der Waals surface area contributed by atoms with E-state index in [9.17, 15) is 14.7 Å². The first kappa shape index (κ1) is 21.2. The lowest BCUT2D eigenvalue weighted by Crippen LogP contribution is -2.31. The van der Waals surface area contributed by atoms with Crippen molar-refractivity contribution in [1.29, 1.82) is 0 Å². The van der Waals surface area contributed by atoms with E-state index in [4.69, 9.17) is 0 Å². The zero-order valence-electron chi connectivity index (χ0n) is 17.5. The molecule has 1 aliphatic rings. The standard InChI is InChI=1S/C26H20BrN3O3/c27-19-9-7-16(8-10-19)24(31)22-23(18-4-3-12-28-14-18)30(26(33)25(22)32)13-11-17-15-29-21-6-2-1-5-20(17)21/h1-10,12,14-15,23,29,31H,11,13H2/b24-22+. The lowest BCUT2D eigenvalue weighted by Gasteiger charge is -2.25. The van der Waals surface area contributed by atoms with Crippen molar-refractivity contribution in [3.8, 4) is 0 Å². The van der Waals surface area contributed by atoms with Gasteiger partial charge in [-0.25, -0.2) is 0 Å². The Labute approximate surface area is 198 Å². The van der Waals surface area contributed by atoms with Crippen LogP contribution in [0.25, 0.3) is 16.7 Å². The van der Waals surface area contributed by atoms with Crippen LogP contribution in [0.5, 0.6) is 0 Å². The van der Waals surface area contributed by atoms with Crippen LogP contribution in [0, 0.1) is 0 Å². The molecule has 0 radical (unpaired) electrons. The Morgan fingerprint density at radius 3 is 2.61 bits per heavy atom. The molecule has 0 aliphatic carbocycles. The van der Waals surface area contributed by atoms with Crippen molar-refractivity contribution in [3.63, 3.8) is 0 Å². The molecule has 4 aromatic rings. The fourth-order valence-corrected chi connectivity index (χ4v) is 4.60. The van der Waals surface area contributed by atoms with E-state index in [-0.39, 0.29) is 11.3 Å². The Hall–Kier alpha value is -3.71. The Kier molecular flexibility index (Phi) is 5.56. The van der Waals surface area contributed by atoms with E-state index in [2.05, 4.69) is 25.9 Å². The normalized spacial score (nSPS) is 17.7. The largest absolute Gasteiger partial charge is 0.507 e. The highest BCUT2D eigenvalue weighted by atomic mass is 79.9. The minimum atomic E-state index is -0.715. The van der Waals surface area contributed by atoms with Crippen molar-refractivity contribution < 1.29 is 14.7 Å². The number of aliphatic hydroxyl groups is 1. The number of aliphatic hydroxyl groups excluding tert-OH is 1. The summed E-state index contributed by atoms with van der Waals surface area (Å²) in [5.74, 6) is -1.50. The molecule has 2 N–H and O–H groups in total. The van der Waals surface area contributed by atoms with Crippen LogP contribution in [0.4, 0.5) is 0 Å². The van der Waals surface area contributed by atoms with Crippen LogP contribution >= 0.6 is 15.9 Å². The number of H-pyrrole nitrogens is 1. The summed E-state index contributed by atoms with van der Waals surface area (Å²) in [6, 6.07) is 17.8. The predicted molar refractivity (Wildman–Crippen MR) is 129 cm³/mol. The number of carbonyl (C=O) groups excluding carboxylic acids is 2. The molecule has 164 valence electrons. The van der Waals surface area contributed by atoms with Gasteiger partial charge >= 0.3 is 0 Å². The molecule has 2 aromatic heterocycles. The van der Waals surface area contributed by atoms with Crippen LogP contribution in [-0.4, -0.2) is 38.2 Å². The number of pyridine rings is 1. The van der Waals surface area contributed by atoms with E-state index in [0.717, 1.165) is 20.9 Å². The average molecular weight is 502 g/mol. The van der Waals surface area contributed by atoms with Crippen LogP contribution in [0.2, 0.25) is 0 Å². The number of nitrogens with one attached hydrogen (secondary N) is 1. The molecular formula is C26H20BrN3O3. The molecule has 0 spiro atoms. The lowest BCUT2D eigenvalue weighted by atomic mass is 9.96. The molecular weight excluding hydrogens is 482 g/mol. The highest BCUT2D eigenvalue weighted by Gasteiger charge is 2.46. The van der Waals surface area contributed by atoms with Gasteiger partial charge in [-0.3, -0.25) is 14.6 Å². The van der Waals surface area contributed by atoms with Gasteiger partial charge in [0.25, 0.3) is 11.7 Å². The number of hydrogen-bond donors (Lipinski definition) is 2. The minimum absolute atomic E-state index is 0.0780. The summed E-state index contributed by atoms with van der Waals surface area (Å²) < 4.78 is 0.849. The number of halogens is 1. The third-order valence-corrected chi connectivity index (χ3v) is 6.48. The van der Waals surface area contributed by atoms with Gasteiger partial charge in [-0.05, 0) is 41.8 Å². The molecule has 0 saturated carbocycles. The van der Waals surface area contributed by atoms with E-state index in [1.165, 1.54) is 4.90 Å². The number of ketones is 1. The monoisotopic (exact) mass is 501 g/mol. The summed E-state index contributed by atoms with van der Waals surface area (Å²) in [7, 11) is 0. The fraction of sp³-hybridized carbons (Fsp3) is 0.115. The van der Waals surface area contributed by atoms with Gasteiger partial charge < -0.3 is 15.0 Å². The zero-order chi connectivity index (χ0) is 22.9. The summed E-state index contributed by atoms with van der Waals surface area (Å²) in [4.78, 5) is 35.2. The first-order valence-corrected chi connectivity index (χ1v) is 11.3. The Bertz CT molecular complexity index is 1380. The van der Waals surface area contributed by atoms with Crippen molar-refractivity contribution >= 4 is 44.3 Å². The van der Waals surface area contributed by atoms with E-state index < -0.39 is 17.7 Å². The molecule has 0 bridgehead atoms. The van der Waals surface area contributed by atoms with Crippen LogP contribution in [0.1, 0.15) is 22.7 Å². The molecule has 5 rings (SSSR count). The van der Waals surface area contributed by atoms with Gasteiger partial charge in [-0.1, -0.05) is 52.3 Å². The number of Topliss-reactive ketones (excluding diaryl/α,β-unsaturated/α-hetero) is 1. The van der Waals surface area contributed by atoms with Crippen LogP contribution in [0.15, 0.2) is 89.3 Å². The predicted octanol–water partition coefficient (Wildman–Crippen LogP) is 4.99. The van der Waals surface area contributed by atoms with Gasteiger partial charge in [0.1, 0.15) is 5.76 Å². The van der Waals surface area contributed by atoms with Crippen LogP contribution < -0.4 is 0 Å². The maximum atomic E-state index is 13.1. The topological polar surface area (TPSA) is 86.3 Å². The number of nitrogens with zero attached hydrogens (tertiary/aromatic N) is 2. The van der Waals surface area contributed by atoms with Gasteiger partial charge in [0.2, 0.25) is 0 Å². The number of para-hydroxylation sites is 1. The molecule has 1 aliphatic heterocycles. The Morgan fingerprint density at radius 1 is 1.06 bits per heavy atom. The summed E-state index contributed by atoms with van der Waals surface area (Å²) in [5.41, 5.74) is 3.31. The summed E-state index contributed by atoms with van der Waals surface area (Å²) in [6.45, 7) is 0.323. The van der Waals surface area contributed by atoms with Crippen molar-refractivity contribution in [2.24, 2.45) is 0 Å². The van der Waals surface area contributed by atoms with Crippen molar-refractivity contribution in [2.75, 3.05) is 6.54 Å². The van der Waals surface area contributed by atoms with Crippen LogP contribution in [0.3, 0.4) is 0 Å². The fourth-order valence-electron chi connectivity index (χ4n) is 4.34. The second kappa shape index (κ2) is 8.67. The first-order valence-electron chi connectivity index (χ1n) is 10.5. The SMILES string of the molecule is O=C1C(=O)N(CCc2c[nH]c3ccccc23)C(c2cccnc2)/C1=C(\O)c1ccc(Br)cc1. The van der Waals surface area contributed by atoms with E-state index >= 15 is 0 Å². The van der Waals surface area contributed by atoms with Crippen molar-refractivity contribution in [2.45, 2.75) is 12.5 Å². The number of aromatic amines is 1. The number of amides is 1. The summed E-state index contributed by atoms with van der Waals surface area (Å²) >= 11 is 3.38. The number of hydrogen-bond acceptors (Lipinski definition) is 4. The second-order valence-electron chi connectivity index (χ2n) is 7.90. The number of aromatic nitrogens is 2. The number of rotatable bonds is 5. The maximum absolute atomic E-state index is 13.1. The van der Waals surface area contributed by atoms with Gasteiger partial charge in [-0.2, -0.15) is 0 Å². The van der Waals surface area contributed by atoms with Crippen molar-refractivity contribution in [3.05, 3.63) is 106 Å². The molecule has 1 saturated heterocycles. The minimum Gasteiger partial charge on any atom is -0.507 e. The molecule has 3 heterocycles. The molecule has 33 heavy (non-hydrogen) atoms. The smallest absolute Gasteiger partial charge is 0.295 e. The quantitative estimate of drug-likeness (QED) is 0.229. The highest BCUT2D eigenvalue weighted by molar-refractivity contribution is 9.10. The molecule has 1 atom stereocenters. The summed E-state index contributed by atoms with van der Waals surface area (Å²) in [6.07, 6.45) is 5.76. The van der Waals surface area contributed by atoms with E-state index in [0.29, 0.717) is 24.1 Å². The lowest BCUT2D eigenvalue weighted by molar-refractivity contribution is -0.139. The van der Waals surface area contributed by atoms with Crippen LogP contribution in [-0.2, 0) is 16.0 Å². The molecule has 1 amide bonds. The van der Waals surface area contributed by atoms with Crippen molar-refractivity contribution in [1.82, 2.24) is 14.9 Å². The van der Waals surface area contributed by atoms with E-state index in [1.54, 1.807) is 42.7 Å². The van der Waals surface area contributed by atoms with Gasteiger partial charge in [0, 0.05) is 46.1 Å². The molecule has 1 fully saturated rings. The number of likely N-dealkylation sites (tertiary alicyclic amines) is 1. The molecule has 6 nitrogen and oxygen atoms in total. The maximum Gasteiger partial charge on any atom is 0.295 e. The zero-order valence-corrected chi connectivity index (χ0v) is 19.1. The second-order valence-corrected chi connectivity index (χ2v) is 8.81. The van der Waals surface area contributed by atoms with Gasteiger partial charge in [0.15, 0.2) is 0 Å². The third-order valence-electron chi connectivity index (χ3n) is 5.95. The Balaban J connectivity index is 1.55. The molecule has 7 heteroatoms. The molecule has 2 aromatic carbocycles.